The summed E-state index contributed by atoms with van der Waals surface area (Å²) in [5.74, 6) is -2.55. The second-order valence-corrected chi connectivity index (χ2v) is 5.14. The van der Waals surface area contributed by atoms with Gasteiger partial charge in [-0.1, -0.05) is 6.07 Å². The summed E-state index contributed by atoms with van der Waals surface area (Å²) in [5, 5.41) is 11.9. The van der Waals surface area contributed by atoms with Gasteiger partial charge in [-0.15, -0.1) is 0 Å². The minimum absolute atomic E-state index is 0.0658. The number of alkyl halides is 2. The summed E-state index contributed by atoms with van der Waals surface area (Å²) in [6.45, 7) is 0.960. The Bertz CT molecular complexity index is 708. The molecule has 2 rings (SSSR count). The fraction of sp³-hybridized carbons (Fsp3) is 0.400. The molecule has 0 radical (unpaired) electrons. The van der Waals surface area contributed by atoms with E-state index < -0.39 is 24.3 Å². The van der Waals surface area contributed by atoms with Crippen LogP contribution in [0.5, 0.6) is 0 Å². The predicted octanol–water partition coefficient (Wildman–Crippen LogP) is 2.32. The molecule has 136 valence electrons. The molecule has 0 bridgehead atoms. The van der Waals surface area contributed by atoms with Crippen molar-refractivity contribution in [2.45, 2.75) is 12.8 Å². The normalized spacial score (nSPS) is 11.2. The number of anilines is 2. The number of amides is 1. The lowest BCUT2D eigenvalue weighted by atomic mass is 10.2. The van der Waals surface area contributed by atoms with Crippen molar-refractivity contribution in [1.29, 1.82) is 0 Å². The third-order valence-corrected chi connectivity index (χ3v) is 3.07. The van der Waals surface area contributed by atoms with Gasteiger partial charge in [-0.25, -0.2) is 9.78 Å². The Morgan fingerprint density at radius 2 is 2.16 bits per heavy atom. The molecule has 0 aromatic carbocycles. The van der Waals surface area contributed by atoms with E-state index in [9.17, 15) is 13.6 Å². The lowest BCUT2D eigenvalue weighted by molar-refractivity contribution is -0.0846. The molecule has 0 atom stereocenters. The number of carbonyl (C=O) groups excluding carboxylic acids is 1. The third kappa shape index (κ3) is 5.68. The van der Waals surface area contributed by atoms with Crippen molar-refractivity contribution in [3.05, 3.63) is 35.7 Å². The Hall–Kier alpha value is -2.75. The van der Waals surface area contributed by atoms with E-state index in [1.54, 1.807) is 12.1 Å². The molecule has 3 N–H and O–H groups in total. The van der Waals surface area contributed by atoms with E-state index in [4.69, 9.17) is 4.74 Å². The van der Waals surface area contributed by atoms with Gasteiger partial charge in [-0.3, -0.25) is 5.10 Å². The number of nitrogens with one attached hydrogen (secondary N) is 3. The first-order valence-corrected chi connectivity index (χ1v) is 7.44. The van der Waals surface area contributed by atoms with Gasteiger partial charge in [0.1, 0.15) is 18.1 Å². The number of carbonyl (C=O) groups is 1. The first kappa shape index (κ1) is 18.6. The molecular formula is C15H19F2N5O3. The number of hydrogen-bond donors (Lipinski definition) is 3. The van der Waals surface area contributed by atoms with Crippen molar-refractivity contribution < 1.29 is 23.0 Å². The molecule has 0 aliphatic heterocycles. The van der Waals surface area contributed by atoms with E-state index >= 15 is 0 Å². The number of methoxy groups -OCH3 is 1. The van der Waals surface area contributed by atoms with E-state index in [-0.39, 0.29) is 19.0 Å². The second kappa shape index (κ2) is 8.38. The van der Waals surface area contributed by atoms with Crippen LogP contribution >= 0.6 is 0 Å². The fourth-order valence-corrected chi connectivity index (χ4v) is 1.89. The SMILES string of the molecule is COC(=O)NCCOCC(F)(F)c1cccc(Nc2cc(C)[nH]n2)n1. The van der Waals surface area contributed by atoms with E-state index in [1.807, 2.05) is 6.92 Å². The minimum atomic E-state index is -3.27. The largest absolute Gasteiger partial charge is 0.453 e. The van der Waals surface area contributed by atoms with Crippen LogP contribution in [0.25, 0.3) is 0 Å². The zero-order valence-corrected chi connectivity index (χ0v) is 13.8. The summed E-state index contributed by atoms with van der Waals surface area (Å²) < 4.78 is 37.6. The number of ether oxygens (including phenoxy) is 2. The molecule has 0 aliphatic carbocycles. The fourth-order valence-electron chi connectivity index (χ4n) is 1.89. The molecule has 8 nitrogen and oxygen atoms in total. The number of H-pyrrole nitrogens is 1. The summed E-state index contributed by atoms with van der Waals surface area (Å²) in [4.78, 5) is 14.7. The predicted molar refractivity (Wildman–Crippen MR) is 86.0 cm³/mol. The molecule has 25 heavy (non-hydrogen) atoms. The number of alkyl carbamates (subject to hydrolysis) is 1. The molecular weight excluding hydrogens is 336 g/mol. The number of hydrogen-bond acceptors (Lipinski definition) is 6. The van der Waals surface area contributed by atoms with E-state index in [2.05, 4.69) is 30.6 Å². The molecule has 0 saturated carbocycles. The van der Waals surface area contributed by atoms with Gasteiger partial charge < -0.3 is 20.1 Å². The van der Waals surface area contributed by atoms with Crippen LogP contribution in [0.4, 0.5) is 25.2 Å². The van der Waals surface area contributed by atoms with Crippen LogP contribution in [-0.4, -0.2) is 48.1 Å². The Balaban J connectivity index is 1.90. The highest BCUT2D eigenvalue weighted by Crippen LogP contribution is 2.28. The van der Waals surface area contributed by atoms with Crippen LogP contribution in [0.1, 0.15) is 11.4 Å². The van der Waals surface area contributed by atoms with Crippen LogP contribution in [0.2, 0.25) is 0 Å². The van der Waals surface area contributed by atoms with Crippen molar-refractivity contribution in [2.24, 2.45) is 0 Å². The molecule has 0 saturated heterocycles. The van der Waals surface area contributed by atoms with Crippen LogP contribution in [0, 0.1) is 6.92 Å². The number of aromatic amines is 1. The first-order valence-electron chi connectivity index (χ1n) is 7.44. The van der Waals surface area contributed by atoms with Gasteiger partial charge in [0.25, 0.3) is 0 Å². The van der Waals surface area contributed by atoms with Crippen LogP contribution in [0.3, 0.4) is 0 Å². The highest BCUT2D eigenvalue weighted by molar-refractivity contribution is 5.66. The van der Waals surface area contributed by atoms with Crippen LogP contribution < -0.4 is 10.6 Å². The van der Waals surface area contributed by atoms with Gasteiger partial charge in [-0.05, 0) is 19.1 Å². The van der Waals surface area contributed by atoms with Crippen molar-refractivity contribution in [1.82, 2.24) is 20.5 Å². The second-order valence-electron chi connectivity index (χ2n) is 5.14. The van der Waals surface area contributed by atoms with Gasteiger partial charge >= 0.3 is 12.0 Å². The molecule has 0 spiro atoms. The van der Waals surface area contributed by atoms with Crippen LogP contribution in [0.15, 0.2) is 24.3 Å². The number of nitrogens with zero attached hydrogens (tertiary/aromatic N) is 2. The minimum Gasteiger partial charge on any atom is -0.453 e. The van der Waals surface area contributed by atoms with Crippen molar-refractivity contribution in [3.8, 4) is 0 Å². The van der Waals surface area contributed by atoms with Crippen LogP contribution in [-0.2, 0) is 15.4 Å². The molecule has 2 aromatic heterocycles. The molecule has 0 aliphatic rings. The van der Waals surface area contributed by atoms with E-state index in [0.717, 1.165) is 5.69 Å². The number of rotatable bonds is 8. The molecule has 0 unspecified atom stereocenters. The maximum atomic E-state index is 14.2. The Morgan fingerprint density at radius 1 is 1.36 bits per heavy atom. The summed E-state index contributed by atoms with van der Waals surface area (Å²) in [6.07, 6.45) is -0.649. The molecule has 0 fully saturated rings. The number of halogens is 2. The van der Waals surface area contributed by atoms with Crippen molar-refractivity contribution in [3.63, 3.8) is 0 Å². The quantitative estimate of drug-likeness (QED) is 0.628. The first-order chi connectivity index (χ1) is 11.9. The van der Waals surface area contributed by atoms with Crippen molar-refractivity contribution >= 4 is 17.7 Å². The maximum absolute atomic E-state index is 14.2. The Labute approximate surface area is 142 Å². The zero-order valence-electron chi connectivity index (χ0n) is 13.8. The van der Waals surface area contributed by atoms with Gasteiger partial charge in [0.2, 0.25) is 0 Å². The Morgan fingerprint density at radius 3 is 2.84 bits per heavy atom. The summed E-state index contributed by atoms with van der Waals surface area (Å²) in [5.41, 5.74) is 0.406. The average molecular weight is 355 g/mol. The molecule has 2 aromatic rings. The monoisotopic (exact) mass is 355 g/mol. The van der Waals surface area contributed by atoms with Gasteiger partial charge in [0.15, 0.2) is 5.82 Å². The van der Waals surface area contributed by atoms with Gasteiger partial charge in [0, 0.05) is 18.3 Å². The third-order valence-electron chi connectivity index (χ3n) is 3.07. The highest BCUT2D eigenvalue weighted by Gasteiger charge is 2.33. The van der Waals surface area contributed by atoms with E-state index in [0.29, 0.717) is 5.82 Å². The highest BCUT2D eigenvalue weighted by atomic mass is 19.3. The lowest BCUT2D eigenvalue weighted by Gasteiger charge is -2.17. The van der Waals surface area contributed by atoms with E-state index in [1.165, 1.54) is 19.2 Å². The lowest BCUT2D eigenvalue weighted by Crippen LogP contribution is -2.29. The number of pyridine rings is 1. The standard InChI is InChI=1S/C15H19F2N5O3/c1-10-8-13(22-21-10)20-12-5-3-4-11(19-12)15(16,17)9-25-7-6-18-14(23)24-2/h3-5,8H,6-7,9H2,1-2H3,(H,18,23)(H2,19,20,21,22). The summed E-state index contributed by atoms with van der Waals surface area (Å²) in [6, 6.07) is 5.97. The average Bonchev–Trinajstić information content (AvgIpc) is 2.99. The summed E-state index contributed by atoms with van der Waals surface area (Å²) in [7, 11) is 1.21. The number of aromatic nitrogens is 3. The molecule has 10 heteroatoms. The Kier molecular flexibility index (Phi) is 6.23. The molecule has 1 amide bonds. The van der Waals surface area contributed by atoms with Crippen molar-refractivity contribution in [2.75, 3.05) is 32.2 Å². The topological polar surface area (TPSA) is 101 Å². The van der Waals surface area contributed by atoms with Gasteiger partial charge in [0.05, 0.1) is 13.7 Å². The summed E-state index contributed by atoms with van der Waals surface area (Å²) >= 11 is 0. The number of aryl methyl sites for hydroxylation is 1. The van der Waals surface area contributed by atoms with Gasteiger partial charge in [-0.2, -0.15) is 13.9 Å². The zero-order chi connectivity index (χ0) is 18.3. The smallest absolute Gasteiger partial charge is 0.406 e. The molecule has 2 heterocycles. The maximum Gasteiger partial charge on any atom is 0.406 e.